The Kier molecular flexibility index (Phi) is 4.24. The van der Waals surface area contributed by atoms with Crippen LogP contribution < -0.4 is 5.73 Å². The van der Waals surface area contributed by atoms with E-state index in [4.69, 9.17) is 10.5 Å². The fraction of sp³-hybridized carbons (Fsp3) is 0.462. The molecule has 1 aliphatic rings. The van der Waals surface area contributed by atoms with Gasteiger partial charge in [0.05, 0.1) is 12.2 Å². The molecule has 5 heteroatoms. The van der Waals surface area contributed by atoms with Crippen molar-refractivity contribution in [2.45, 2.75) is 18.9 Å². The third-order valence-electron chi connectivity index (χ3n) is 3.03. The van der Waals surface area contributed by atoms with Gasteiger partial charge >= 0.3 is 0 Å². The average Bonchev–Trinajstić information content (AvgIpc) is 3.13. The fourth-order valence-corrected chi connectivity index (χ4v) is 2.29. The molecule has 0 aromatic heterocycles. The molecule has 2 N–H and O–H groups in total. The van der Waals surface area contributed by atoms with Crippen LogP contribution in [0.3, 0.4) is 0 Å². The first kappa shape index (κ1) is 13.4. The molecular formula is C13H17BrN2O2. The van der Waals surface area contributed by atoms with Crippen LogP contribution in [0.25, 0.3) is 0 Å². The molecule has 1 fully saturated rings. The first-order valence-electron chi connectivity index (χ1n) is 5.98. The van der Waals surface area contributed by atoms with Crippen LogP contribution in [0.5, 0.6) is 0 Å². The van der Waals surface area contributed by atoms with E-state index < -0.39 is 0 Å². The number of carbonyl (C=O) groups excluding carboxylic acids is 1. The van der Waals surface area contributed by atoms with E-state index in [0.717, 1.165) is 17.3 Å². The summed E-state index contributed by atoms with van der Waals surface area (Å²) in [5.74, 6) is -0.000417. The molecule has 4 nitrogen and oxygen atoms in total. The zero-order chi connectivity index (χ0) is 13.1. The minimum Gasteiger partial charge on any atom is -0.398 e. The van der Waals surface area contributed by atoms with E-state index in [1.54, 1.807) is 19.2 Å². The molecule has 1 aliphatic carbocycles. The number of anilines is 1. The second-order valence-electron chi connectivity index (χ2n) is 4.45. The normalized spacial score (nSPS) is 14.6. The average molecular weight is 313 g/mol. The molecule has 0 atom stereocenters. The van der Waals surface area contributed by atoms with Gasteiger partial charge in [0.25, 0.3) is 5.91 Å². The van der Waals surface area contributed by atoms with E-state index in [1.165, 1.54) is 0 Å². The summed E-state index contributed by atoms with van der Waals surface area (Å²) in [5, 5.41) is 0. The summed E-state index contributed by atoms with van der Waals surface area (Å²) in [6.45, 7) is 1.17. The van der Waals surface area contributed by atoms with Crippen LogP contribution in [0.1, 0.15) is 23.2 Å². The van der Waals surface area contributed by atoms with E-state index in [-0.39, 0.29) is 5.91 Å². The lowest BCUT2D eigenvalue weighted by molar-refractivity contribution is 0.0681. The molecule has 1 saturated carbocycles. The Morgan fingerprint density at radius 1 is 1.56 bits per heavy atom. The van der Waals surface area contributed by atoms with Gasteiger partial charge in [0.2, 0.25) is 0 Å². The van der Waals surface area contributed by atoms with Gasteiger partial charge in [-0.2, -0.15) is 0 Å². The van der Waals surface area contributed by atoms with Crippen LogP contribution in [0, 0.1) is 0 Å². The lowest BCUT2D eigenvalue weighted by Crippen LogP contribution is -2.36. The number of ether oxygens (including phenoxy) is 1. The topological polar surface area (TPSA) is 55.6 Å². The van der Waals surface area contributed by atoms with E-state index in [9.17, 15) is 4.79 Å². The molecule has 0 heterocycles. The highest BCUT2D eigenvalue weighted by Gasteiger charge is 2.33. The monoisotopic (exact) mass is 312 g/mol. The summed E-state index contributed by atoms with van der Waals surface area (Å²) in [6, 6.07) is 5.72. The van der Waals surface area contributed by atoms with Crippen LogP contribution in [-0.2, 0) is 4.74 Å². The van der Waals surface area contributed by atoms with Gasteiger partial charge in [-0.25, -0.2) is 0 Å². The number of amides is 1. The Morgan fingerprint density at radius 3 is 2.83 bits per heavy atom. The van der Waals surface area contributed by atoms with Crippen LogP contribution >= 0.6 is 15.9 Å². The van der Waals surface area contributed by atoms with Crippen molar-refractivity contribution < 1.29 is 9.53 Å². The van der Waals surface area contributed by atoms with Crippen molar-refractivity contribution >= 4 is 27.5 Å². The molecule has 0 saturated heterocycles. The van der Waals surface area contributed by atoms with Gasteiger partial charge in [-0.15, -0.1) is 0 Å². The van der Waals surface area contributed by atoms with Crippen molar-refractivity contribution in [3.63, 3.8) is 0 Å². The molecule has 0 radical (unpaired) electrons. The summed E-state index contributed by atoms with van der Waals surface area (Å²) in [7, 11) is 1.64. The molecule has 0 unspecified atom stereocenters. The third-order valence-corrected chi connectivity index (χ3v) is 3.52. The second kappa shape index (κ2) is 5.71. The zero-order valence-corrected chi connectivity index (χ0v) is 11.9. The maximum absolute atomic E-state index is 12.4. The lowest BCUT2D eigenvalue weighted by atomic mass is 10.1. The molecule has 18 heavy (non-hydrogen) atoms. The first-order chi connectivity index (χ1) is 8.63. The van der Waals surface area contributed by atoms with Gasteiger partial charge in [-0.3, -0.25) is 4.79 Å². The third kappa shape index (κ3) is 3.03. The number of carbonyl (C=O) groups is 1. The molecule has 0 bridgehead atoms. The van der Waals surface area contributed by atoms with Crippen molar-refractivity contribution in [2.24, 2.45) is 0 Å². The number of rotatable bonds is 5. The number of hydrogen-bond acceptors (Lipinski definition) is 3. The van der Waals surface area contributed by atoms with Crippen molar-refractivity contribution in [1.82, 2.24) is 4.90 Å². The first-order valence-corrected chi connectivity index (χ1v) is 6.77. The Labute approximate surface area is 115 Å². The molecule has 1 amide bonds. The molecular weight excluding hydrogens is 296 g/mol. The van der Waals surface area contributed by atoms with Gasteiger partial charge in [-0.05, 0) is 31.0 Å². The summed E-state index contributed by atoms with van der Waals surface area (Å²) < 4.78 is 5.93. The Balaban J connectivity index is 2.16. The number of nitrogens with two attached hydrogens (primary N) is 1. The molecule has 98 valence electrons. The van der Waals surface area contributed by atoms with Crippen molar-refractivity contribution in [1.29, 1.82) is 0 Å². The summed E-state index contributed by atoms with van der Waals surface area (Å²) in [6.07, 6.45) is 2.15. The number of nitrogen functional groups attached to an aromatic ring is 1. The van der Waals surface area contributed by atoms with Crippen molar-refractivity contribution in [2.75, 3.05) is 26.0 Å². The molecule has 2 rings (SSSR count). The van der Waals surface area contributed by atoms with E-state index in [0.29, 0.717) is 30.4 Å². The van der Waals surface area contributed by atoms with Gasteiger partial charge in [0.1, 0.15) is 0 Å². The predicted molar refractivity (Wildman–Crippen MR) is 74.5 cm³/mol. The number of nitrogens with zero attached hydrogens (tertiary/aromatic N) is 1. The maximum atomic E-state index is 12.4. The van der Waals surface area contributed by atoms with Crippen LogP contribution in [0.4, 0.5) is 5.69 Å². The van der Waals surface area contributed by atoms with E-state index in [1.807, 2.05) is 11.0 Å². The smallest absolute Gasteiger partial charge is 0.256 e. The van der Waals surface area contributed by atoms with Crippen LogP contribution in [0.2, 0.25) is 0 Å². The second-order valence-corrected chi connectivity index (χ2v) is 5.37. The summed E-state index contributed by atoms with van der Waals surface area (Å²) >= 11 is 3.34. The Hall–Kier alpha value is -1.07. The lowest BCUT2D eigenvalue weighted by Gasteiger charge is -2.22. The molecule has 1 aromatic carbocycles. The highest BCUT2D eigenvalue weighted by atomic mass is 79.9. The van der Waals surface area contributed by atoms with E-state index in [2.05, 4.69) is 15.9 Å². The number of methoxy groups -OCH3 is 1. The standard InChI is InChI=1S/C13H17BrN2O2/c1-18-7-6-16(10-3-4-10)13(17)11-5-2-9(14)8-12(11)15/h2,5,8,10H,3-4,6-7,15H2,1H3. The largest absolute Gasteiger partial charge is 0.398 e. The van der Waals surface area contributed by atoms with Crippen LogP contribution in [0.15, 0.2) is 22.7 Å². The summed E-state index contributed by atoms with van der Waals surface area (Å²) in [4.78, 5) is 14.3. The summed E-state index contributed by atoms with van der Waals surface area (Å²) in [5.41, 5.74) is 6.98. The van der Waals surface area contributed by atoms with Crippen molar-refractivity contribution in [3.8, 4) is 0 Å². The quantitative estimate of drug-likeness (QED) is 0.849. The Bertz CT molecular complexity index is 447. The van der Waals surface area contributed by atoms with Gasteiger partial charge < -0.3 is 15.4 Å². The zero-order valence-electron chi connectivity index (χ0n) is 10.4. The SMILES string of the molecule is COCCN(C(=O)c1ccc(Br)cc1N)C1CC1. The van der Waals surface area contributed by atoms with Gasteiger partial charge in [0, 0.05) is 29.9 Å². The van der Waals surface area contributed by atoms with Crippen LogP contribution in [-0.4, -0.2) is 37.1 Å². The highest BCUT2D eigenvalue weighted by molar-refractivity contribution is 9.10. The van der Waals surface area contributed by atoms with Gasteiger partial charge in [-0.1, -0.05) is 15.9 Å². The maximum Gasteiger partial charge on any atom is 0.256 e. The molecule has 0 aliphatic heterocycles. The number of hydrogen-bond donors (Lipinski definition) is 1. The molecule has 0 spiro atoms. The number of halogens is 1. The minimum atomic E-state index is -0.000417. The Morgan fingerprint density at radius 2 is 2.28 bits per heavy atom. The predicted octanol–water partition coefficient (Wildman–Crippen LogP) is 2.28. The van der Waals surface area contributed by atoms with Gasteiger partial charge in [0.15, 0.2) is 0 Å². The minimum absolute atomic E-state index is 0.000417. The van der Waals surface area contributed by atoms with E-state index >= 15 is 0 Å². The van der Waals surface area contributed by atoms with Crippen molar-refractivity contribution in [3.05, 3.63) is 28.2 Å². The number of benzene rings is 1. The highest BCUT2D eigenvalue weighted by Crippen LogP contribution is 2.29. The fourth-order valence-electron chi connectivity index (χ4n) is 1.91. The molecule has 1 aromatic rings.